The van der Waals surface area contributed by atoms with Gasteiger partial charge in [-0.2, -0.15) is 0 Å². The average Bonchev–Trinajstić information content (AvgIpc) is 2.85. The number of carbonyl (C=O) groups is 1. The summed E-state index contributed by atoms with van der Waals surface area (Å²) < 4.78 is 4.88. The molecule has 0 radical (unpaired) electrons. The maximum atomic E-state index is 11.9. The van der Waals surface area contributed by atoms with E-state index in [4.69, 9.17) is 4.74 Å². The van der Waals surface area contributed by atoms with Gasteiger partial charge < -0.3 is 20.5 Å². The van der Waals surface area contributed by atoms with Crippen molar-refractivity contribution < 1.29 is 14.6 Å². The zero-order chi connectivity index (χ0) is 23.0. The minimum absolute atomic E-state index is 0.222. The number of anilines is 1. The Morgan fingerprint density at radius 3 is 2.88 bits per heavy atom. The SMILES string of the molecule is COC(=O)C1CN(Cc2cccc(-c3ccnc(NCCc4ccc(O)cc4)n3)c2)CCN1. The number of benzene rings is 2. The number of methoxy groups -OCH3 is 1. The monoisotopic (exact) mass is 447 g/mol. The van der Waals surface area contributed by atoms with Crippen molar-refractivity contribution in [3.8, 4) is 17.0 Å². The van der Waals surface area contributed by atoms with Gasteiger partial charge in [0.15, 0.2) is 0 Å². The lowest BCUT2D eigenvalue weighted by atomic mass is 10.1. The summed E-state index contributed by atoms with van der Waals surface area (Å²) in [4.78, 5) is 23.1. The molecule has 8 heteroatoms. The Bertz CT molecular complexity index is 1070. The van der Waals surface area contributed by atoms with Crippen LogP contribution in [0.25, 0.3) is 11.3 Å². The molecular weight excluding hydrogens is 418 g/mol. The third-order valence-electron chi connectivity index (χ3n) is 5.66. The molecule has 1 aromatic heterocycles. The molecule has 4 rings (SSSR count). The summed E-state index contributed by atoms with van der Waals surface area (Å²) >= 11 is 0. The molecule has 8 nitrogen and oxygen atoms in total. The van der Waals surface area contributed by atoms with Gasteiger partial charge in [-0.15, -0.1) is 0 Å². The summed E-state index contributed by atoms with van der Waals surface area (Å²) in [5.74, 6) is 0.629. The van der Waals surface area contributed by atoms with E-state index in [2.05, 4.69) is 37.6 Å². The molecule has 2 heterocycles. The van der Waals surface area contributed by atoms with Crippen LogP contribution < -0.4 is 10.6 Å². The first kappa shape index (κ1) is 22.7. The van der Waals surface area contributed by atoms with Crippen molar-refractivity contribution in [3.05, 3.63) is 71.9 Å². The molecule has 0 amide bonds. The smallest absolute Gasteiger partial charge is 0.324 e. The highest BCUT2D eigenvalue weighted by Gasteiger charge is 2.25. The van der Waals surface area contributed by atoms with Crippen molar-refractivity contribution in [2.45, 2.75) is 19.0 Å². The third-order valence-corrected chi connectivity index (χ3v) is 5.66. The first-order valence-electron chi connectivity index (χ1n) is 11.1. The van der Waals surface area contributed by atoms with E-state index in [0.717, 1.165) is 42.9 Å². The molecule has 0 aliphatic carbocycles. The Labute approximate surface area is 193 Å². The third kappa shape index (κ3) is 6.27. The molecule has 1 aliphatic heterocycles. The van der Waals surface area contributed by atoms with Crippen LogP contribution in [0.3, 0.4) is 0 Å². The van der Waals surface area contributed by atoms with Gasteiger partial charge in [0.2, 0.25) is 5.95 Å². The molecule has 0 saturated carbocycles. The first-order valence-corrected chi connectivity index (χ1v) is 11.1. The number of esters is 1. The number of hydrogen-bond acceptors (Lipinski definition) is 8. The molecule has 3 N–H and O–H groups in total. The zero-order valence-corrected chi connectivity index (χ0v) is 18.7. The van der Waals surface area contributed by atoms with Crippen LogP contribution in [0.2, 0.25) is 0 Å². The topological polar surface area (TPSA) is 99.6 Å². The van der Waals surface area contributed by atoms with E-state index >= 15 is 0 Å². The van der Waals surface area contributed by atoms with E-state index < -0.39 is 0 Å². The van der Waals surface area contributed by atoms with E-state index in [1.54, 1.807) is 18.3 Å². The van der Waals surface area contributed by atoms with Crippen molar-refractivity contribution in [2.75, 3.05) is 38.6 Å². The molecule has 2 aromatic carbocycles. The van der Waals surface area contributed by atoms with Gasteiger partial charge in [0.1, 0.15) is 11.8 Å². The summed E-state index contributed by atoms with van der Waals surface area (Å²) in [5.41, 5.74) is 4.17. The summed E-state index contributed by atoms with van der Waals surface area (Å²) in [7, 11) is 1.42. The number of nitrogens with zero attached hydrogens (tertiary/aromatic N) is 3. The van der Waals surface area contributed by atoms with Gasteiger partial charge in [-0.05, 0) is 41.8 Å². The van der Waals surface area contributed by atoms with E-state index in [1.165, 1.54) is 12.7 Å². The van der Waals surface area contributed by atoms with Crippen LogP contribution in [0.1, 0.15) is 11.1 Å². The van der Waals surface area contributed by atoms with Crippen LogP contribution in [0.4, 0.5) is 5.95 Å². The Hall–Kier alpha value is -3.49. The summed E-state index contributed by atoms with van der Waals surface area (Å²) in [6.45, 7) is 3.70. The van der Waals surface area contributed by atoms with Crippen molar-refractivity contribution in [2.24, 2.45) is 0 Å². The van der Waals surface area contributed by atoms with Crippen LogP contribution in [-0.2, 0) is 22.5 Å². The highest BCUT2D eigenvalue weighted by molar-refractivity contribution is 5.76. The van der Waals surface area contributed by atoms with Crippen LogP contribution in [0.5, 0.6) is 5.75 Å². The molecule has 1 saturated heterocycles. The fraction of sp³-hybridized carbons (Fsp3) is 0.320. The molecule has 0 bridgehead atoms. The fourth-order valence-electron chi connectivity index (χ4n) is 3.93. The quantitative estimate of drug-likeness (QED) is 0.453. The number of phenolic OH excluding ortho intramolecular Hbond substituents is 1. The van der Waals surface area contributed by atoms with Gasteiger partial charge >= 0.3 is 5.97 Å². The van der Waals surface area contributed by atoms with Gasteiger partial charge in [-0.3, -0.25) is 9.69 Å². The Morgan fingerprint density at radius 1 is 1.21 bits per heavy atom. The maximum absolute atomic E-state index is 11.9. The number of aromatic nitrogens is 2. The predicted octanol–water partition coefficient (Wildman–Crippen LogP) is 2.45. The first-order chi connectivity index (χ1) is 16.1. The molecule has 1 unspecified atom stereocenters. The Morgan fingerprint density at radius 2 is 2.06 bits per heavy atom. The largest absolute Gasteiger partial charge is 0.508 e. The summed E-state index contributed by atoms with van der Waals surface area (Å²) in [6.07, 6.45) is 2.57. The van der Waals surface area contributed by atoms with Crippen molar-refractivity contribution in [1.29, 1.82) is 0 Å². The normalized spacial score (nSPS) is 16.3. The van der Waals surface area contributed by atoms with Crippen LogP contribution >= 0.6 is 0 Å². The number of piperazine rings is 1. The predicted molar refractivity (Wildman–Crippen MR) is 127 cm³/mol. The van der Waals surface area contributed by atoms with Gasteiger partial charge in [0.25, 0.3) is 0 Å². The van der Waals surface area contributed by atoms with Crippen LogP contribution in [-0.4, -0.2) is 65.3 Å². The van der Waals surface area contributed by atoms with Crippen molar-refractivity contribution >= 4 is 11.9 Å². The van der Waals surface area contributed by atoms with Crippen LogP contribution in [0.15, 0.2) is 60.8 Å². The number of rotatable bonds is 8. The Kier molecular flexibility index (Phi) is 7.49. The second kappa shape index (κ2) is 10.9. The number of phenols is 1. The maximum Gasteiger partial charge on any atom is 0.324 e. The second-order valence-corrected chi connectivity index (χ2v) is 8.07. The molecule has 33 heavy (non-hydrogen) atoms. The minimum atomic E-state index is -0.288. The zero-order valence-electron chi connectivity index (χ0n) is 18.7. The van der Waals surface area contributed by atoms with Gasteiger partial charge in [0, 0.05) is 44.5 Å². The number of aromatic hydroxyl groups is 1. The number of hydrogen-bond donors (Lipinski definition) is 3. The molecule has 3 aromatic rings. The van der Waals surface area contributed by atoms with Gasteiger partial charge in [0.05, 0.1) is 12.8 Å². The lowest BCUT2D eigenvalue weighted by molar-refractivity contribution is -0.144. The number of carbonyl (C=O) groups excluding carboxylic acids is 1. The lowest BCUT2D eigenvalue weighted by Gasteiger charge is -2.32. The van der Waals surface area contributed by atoms with E-state index in [-0.39, 0.29) is 17.8 Å². The fourth-order valence-corrected chi connectivity index (χ4v) is 3.93. The lowest BCUT2D eigenvalue weighted by Crippen LogP contribution is -2.54. The highest BCUT2D eigenvalue weighted by atomic mass is 16.5. The standard InChI is InChI=1S/C25H29N5O3/c1-33-24(32)23-17-30(14-13-26-23)16-19-3-2-4-20(15-19)22-10-12-28-25(29-22)27-11-9-18-5-7-21(31)8-6-18/h2-8,10,12,15,23,26,31H,9,11,13-14,16-17H2,1H3,(H,27,28,29). The van der Waals surface area contributed by atoms with E-state index in [9.17, 15) is 9.90 Å². The van der Waals surface area contributed by atoms with E-state index in [0.29, 0.717) is 19.0 Å². The number of ether oxygens (including phenoxy) is 1. The molecule has 172 valence electrons. The van der Waals surface area contributed by atoms with Crippen molar-refractivity contribution in [3.63, 3.8) is 0 Å². The van der Waals surface area contributed by atoms with Crippen LogP contribution in [0, 0.1) is 0 Å². The minimum Gasteiger partial charge on any atom is -0.508 e. The van der Waals surface area contributed by atoms with Crippen molar-refractivity contribution in [1.82, 2.24) is 20.2 Å². The molecule has 1 aliphatic rings. The van der Waals surface area contributed by atoms with Gasteiger partial charge in [-0.1, -0.05) is 30.3 Å². The Balaban J connectivity index is 1.37. The summed E-state index contributed by atoms with van der Waals surface area (Å²) in [6, 6.07) is 17.1. The highest BCUT2D eigenvalue weighted by Crippen LogP contribution is 2.20. The second-order valence-electron chi connectivity index (χ2n) is 8.07. The summed E-state index contributed by atoms with van der Waals surface area (Å²) in [5, 5.41) is 15.9. The number of nitrogens with one attached hydrogen (secondary N) is 2. The molecule has 0 spiro atoms. The molecular formula is C25H29N5O3. The average molecular weight is 448 g/mol. The molecule has 1 atom stereocenters. The van der Waals surface area contributed by atoms with E-state index in [1.807, 2.05) is 30.3 Å². The van der Waals surface area contributed by atoms with Gasteiger partial charge in [-0.25, -0.2) is 9.97 Å². The molecule has 1 fully saturated rings.